The van der Waals surface area contributed by atoms with Gasteiger partial charge in [-0.15, -0.1) is 0 Å². The van der Waals surface area contributed by atoms with Gasteiger partial charge in [0.05, 0.1) is 18.1 Å². The minimum atomic E-state index is -3.03. The quantitative estimate of drug-likeness (QED) is 0.791. The molecule has 23 heavy (non-hydrogen) atoms. The van der Waals surface area contributed by atoms with Crippen molar-refractivity contribution in [3.8, 4) is 0 Å². The molecule has 0 spiro atoms. The van der Waals surface area contributed by atoms with Crippen molar-refractivity contribution in [1.29, 1.82) is 0 Å². The average molecular weight is 338 g/mol. The van der Waals surface area contributed by atoms with Crippen LogP contribution < -0.4 is 5.32 Å². The van der Waals surface area contributed by atoms with E-state index in [0.717, 1.165) is 0 Å². The Morgan fingerprint density at radius 1 is 1.30 bits per heavy atom. The molecule has 1 heterocycles. The Bertz CT molecular complexity index is 700. The minimum Gasteiger partial charge on any atom is -0.376 e. The number of hydrogen-bond acceptors (Lipinski definition) is 5. The second kappa shape index (κ2) is 7.12. The van der Waals surface area contributed by atoms with E-state index in [-0.39, 0.29) is 35.8 Å². The summed E-state index contributed by atoms with van der Waals surface area (Å²) in [6.45, 7) is 3.82. The molecule has 1 amide bonds. The maximum Gasteiger partial charge on any atom is 0.242 e. The summed E-state index contributed by atoms with van der Waals surface area (Å²) in [5.41, 5.74) is 1.15. The van der Waals surface area contributed by atoms with Crippen LogP contribution in [0.2, 0.25) is 0 Å². The van der Waals surface area contributed by atoms with E-state index in [4.69, 9.17) is 0 Å². The number of Topliss-reactive ketones (excluding diaryl/α,β-unsaturated/α-hetero) is 1. The zero-order chi connectivity index (χ0) is 17.0. The molecule has 1 aliphatic rings. The number of carbonyl (C=O) groups excluding carboxylic acids is 2. The summed E-state index contributed by atoms with van der Waals surface area (Å²) in [6, 6.07) is 6.77. The van der Waals surface area contributed by atoms with Crippen LogP contribution in [0.5, 0.6) is 0 Å². The van der Waals surface area contributed by atoms with Crippen LogP contribution in [0.15, 0.2) is 24.3 Å². The molecular formula is C16H22N2O4S. The van der Waals surface area contributed by atoms with E-state index >= 15 is 0 Å². The van der Waals surface area contributed by atoms with Crippen molar-refractivity contribution < 1.29 is 18.0 Å². The van der Waals surface area contributed by atoms with Gasteiger partial charge in [0.2, 0.25) is 5.91 Å². The predicted molar refractivity (Wildman–Crippen MR) is 89.4 cm³/mol. The molecule has 1 saturated heterocycles. The number of anilines is 1. The Kier molecular flexibility index (Phi) is 5.41. The third kappa shape index (κ3) is 4.31. The highest BCUT2D eigenvalue weighted by molar-refractivity contribution is 7.91. The van der Waals surface area contributed by atoms with Gasteiger partial charge in [0.15, 0.2) is 15.6 Å². The maximum absolute atomic E-state index is 12.4. The number of nitrogens with zero attached hydrogens (tertiary/aromatic N) is 1. The lowest BCUT2D eigenvalue weighted by molar-refractivity contribution is -0.130. The van der Waals surface area contributed by atoms with Crippen LogP contribution in [0.25, 0.3) is 0 Å². The third-order valence-corrected chi connectivity index (χ3v) is 5.80. The van der Waals surface area contributed by atoms with Crippen molar-refractivity contribution in [2.75, 3.05) is 29.9 Å². The number of carbonyl (C=O) groups is 2. The van der Waals surface area contributed by atoms with Crippen molar-refractivity contribution in [1.82, 2.24) is 4.90 Å². The minimum absolute atomic E-state index is 0.0364. The van der Waals surface area contributed by atoms with Crippen LogP contribution in [0.4, 0.5) is 5.69 Å². The van der Waals surface area contributed by atoms with Gasteiger partial charge in [-0.3, -0.25) is 9.59 Å². The van der Waals surface area contributed by atoms with E-state index in [2.05, 4.69) is 5.32 Å². The molecule has 0 aromatic heterocycles. The topological polar surface area (TPSA) is 83.6 Å². The molecule has 6 nitrogen and oxygen atoms in total. The Morgan fingerprint density at radius 2 is 2.00 bits per heavy atom. The maximum atomic E-state index is 12.4. The van der Waals surface area contributed by atoms with Crippen molar-refractivity contribution >= 4 is 27.2 Å². The monoisotopic (exact) mass is 338 g/mol. The average Bonchev–Trinajstić information content (AvgIpc) is 2.86. The molecule has 1 N–H and O–H groups in total. The van der Waals surface area contributed by atoms with Crippen LogP contribution in [0, 0.1) is 0 Å². The molecule has 0 saturated carbocycles. The third-order valence-electron chi connectivity index (χ3n) is 4.05. The van der Waals surface area contributed by atoms with Crippen molar-refractivity contribution in [2.45, 2.75) is 26.3 Å². The first-order valence-corrected chi connectivity index (χ1v) is 9.50. The summed E-state index contributed by atoms with van der Waals surface area (Å²) >= 11 is 0. The molecule has 1 aromatic carbocycles. The molecule has 0 aliphatic carbocycles. The van der Waals surface area contributed by atoms with Gasteiger partial charge in [-0.2, -0.15) is 0 Å². The fourth-order valence-electron chi connectivity index (χ4n) is 2.88. The molecule has 1 aromatic rings. The summed E-state index contributed by atoms with van der Waals surface area (Å²) in [7, 11) is -3.03. The molecule has 7 heteroatoms. The fraction of sp³-hybridized carbons (Fsp3) is 0.500. The van der Waals surface area contributed by atoms with Gasteiger partial charge in [-0.05, 0) is 32.4 Å². The van der Waals surface area contributed by atoms with Gasteiger partial charge in [0.1, 0.15) is 0 Å². The zero-order valence-electron chi connectivity index (χ0n) is 13.4. The normalized spacial score (nSPS) is 19.3. The Labute approximate surface area is 136 Å². The number of ketones is 1. The first-order chi connectivity index (χ1) is 10.8. The van der Waals surface area contributed by atoms with Crippen LogP contribution in [0.3, 0.4) is 0 Å². The molecule has 1 atom stereocenters. The van der Waals surface area contributed by atoms with Gasteiger partial charge < -0.3 is 10.2 Å². The van der Waals surface area contributed by atoms with Crippen LogP contribution in [-0.4, -0.2) is 55.6 Å². The van der Waals surface area contributed by atoms with Gasteiger partial charge >= 0.3 is 0 Å². The summed E-state index contributed by atoms with van der Waals surface area (Å²) in [5.74, 6) is -0.0544. The SMILES string of the molecule is CCN(C(=O)CNc1ccccc1C(C)=O)C1CCS(=O)(=O)C1. The second-order valence-electron chi connectivity index (χ2n) is 5.69. The largest absolute Gasteiger partial charge is 0.376 e. The molecule has 126 valence electrons. The lowest BCUT2D eigenvalue weighted by Crippen LogP contribution is -2.43. The second-order valence-corrected chi connectivity index (χ2v) is 7.92. The van der Waals surface area contributed by atoms with Gasteiger partial charge in [0.25, 0.3) is 0 Å². The highest BCUT2D eigenvalue weighted by Gasteiger charge is 2.33. The smallest absolute Gasteiger partial charge is 0.242 e. The van der Waals surface area contributed by atoms with E-state index in [1.165, 1.54) is 6.92 Å². The lowest BCUT2D eigenvalue weighted by atomic mass is 10.1. The van der Waals surface area contributed by atoms with Crippen LogP contribution >= 0.6 is 0 Å². The number of benzene rings is 1. The number of likely N-dealkylation sites (N-methyl/N-ethyl adjacent to an activating group) is 1. The van der Waals surface area contributed by atoms with Gasteiger partial charge in [-0.25, -0.2) is 8.42 Å². The Hall–Kier alpha value is -1.89. The first kappa shape index (κ1) is 17.5. The summed E-state index contributed by atoms with van der Waals surface area (Å²) in [5, 5.41) is 2.99. The van der Waals surface area contributed by atoms with E-state index in [0.29, 0.717) is 24.2 Å². The number of amides is 1. The number of para-hydroxylation sites is 1. The zero-order valence-corrected chi connectivity index (χ0v) is 14.2. The highest BCUT2D eigenvalue weighted by Crippen LogP contribution is 2.19. The van der Waals surface area contributed by atoms with Crippen LogP contribution in [-0.2, 0) is 14.6 Å². The van der Waals surface area contributed by atoms with Crippen molar-refractivity contribution in [3.05, 3.63) is 29.8 Å². The molecule has 2 rings (SSSR count). The van der Waals surface area contributed by atoms with Crippen LogP contribution in [0.1, 0.15) is 30.6 Å². The van der Waals surface area contributed by atoms with Crippen molar-refractivity contribution in [3.63, 3.8) is 0 Å². The molecular weight excluding hydrogens is 316 g/mol. The fourth-order valence-corrected chi connectivity index (χ4v) is 4.61. The molecule has 1 unspecified atom stereocenters. The van der Waals surface area contributed by atoms with E-state index in [1.54, 1.807) is 29.2 Å². The molecule has 1 aliphatic heterocycles. The first-order valence-electron chi connectivity index (χ1n) is 7.68. The Balaban J connectivity index is 2.02. The molecule has 0 bridgehead atoms. The Morgan fingerprint density at radius 3 is 2.57 bits per heavy atom. The standard InChI is InChI=1S/C16H22N2O4S/c1-3-18(13-8-9-23(21,22)11-13)16(20)10-17-15-7-5-4-6-14(15)12(2)19/h4-7,13,17H,3,8-11H2,1-2H3. The number of hydrogen-bond donors (Lipinski definition) is 1. The van der Waals surface area contributed by atoms with E-state index in [9.17, 15) is 18.0 Å². The van der Waals surface area contributed by atoms with Crippen molar-refractivity contribution in [2.24, 2.45) is 0 Å². The predicted octanol–water partition coefficient (Wildman–Crippen LogP) is 1.34. The van der Waals surface area contributed by atoms with Gasteiger partial charge in [0, 0.05) is 23.8 Å². The van der Waals surface area contributed by atoms with Gasteiger partial charge in [-0.1, -0.05) is 12.1 Å². The number of sulfone groups is 1. The lowest BCUT2D eigenvalue weighted by Gasteiger charge is -2.27. The molecule has 1 fully saturated rings. The number of nitrogens with one attached hydrogen (secondary N) is 1. The summed E-state index contributed by atoms with van der Waals surface area (Å²) < 4.78 is 23.2. The molecule has 0 radical (unpaired) electrons. The summed E-state index contributed by atoms with van der Waals surface area (Å²) in [6.07, 6.45) is 0.492. The van der Waals surface area contributed by atoms with E-state index in [1.807, 2.05) is 6.92 Å². The highest BCUT2D eigenvalue weighted by atomic mass is 32.2. The van der Waals surface area contributed by atoms with E-state index < -0.39 is 9.84 Å². The number of rotatable bonds is 6. The summed E-state index contributed by atoms with van der Waals surface area (Å²) in [4.78, 5) is 25.6.